The Bertz CT molecular complexity index is 708. The molecule has 2 aromatic heterocycles. The molecule has 7 nitrogen and oxygen atoms in total. The van der Waals surface area contributed by atoms with Crippen LogP contribution >= 0.6 is 24.0 Å². The number of aliphatic imine (C=N–C) groups is 1. The van der Waals surface area contributed by atoms with E-state index < -0.39 is 0 Å². The number of aromatic nitrogens is 1. The Balaban J connectivity index is 0.00000280. The fourth-order valence-corrected chi connectivity index (χ4v) is 3.13. The molecule has 3 rings (SSSR count). The first-order valence-corrected chi connectivity index (χ1v) is 9.87. The Morgan fingerprint density at radius 2 is 2.11 bits per heavy atom. The molecule has 1 unspecified atom stereocenters. The fourth-order valence-electron chi connectivity index (χ4n) is 3.13. The minimum Gasteiger partial charge on any atom is -0.469 e. The molecular formula is C20H32IN5O2. The zero-order chi connectivity index (χ0) is 19.1. The summed E-state index contributed by atoms with van der Waals surface area (Å²) in [6.07, 6.45) is 3.61. The van der Waals surface area contributed by atoms with E-state index in [1.165, 1.54) is 0 Å². The monoisotopic (exact) mass is 501 g/mol. The fraction of sp³-hybridized carbons (Fsp3) is 0.600. The summed E-state index contributed by atoms with van der Waals surface area (Å²) in [4.78, 5) is 9.62. The number of hydrogen-bond acceptors (Lipinski definition) is 5. The van der Waals surface area contributed by atoms with Gasteiger partial charge in [0.05, 0.1) is 12.0 Å². The van der Waals surface area contributed by atoms with Crippen molar-refractivity contribution in [3.63, 3.8) is 0 Å². The van der Waals surface area contributed by atoms with Crippen LogP contribution in [0.4, 0.5) is 0 Å². The maximum absolute atomic E-state index is 5.41. The first-order valence-electron chi connectivity index (χ1n) is 9.87. The van der Waals surface area contributed by atoms with Gasteiger partial charge in [0.2, 0.25) is 0 Å². The van der Waals surface area contributed by atoms with E-state index in [9.17, 15) is 0 Å². The zero-order valence-corrected chi connectivity index (χ0v) is 19.4. The van der Waals surface area contributed by atoms with Crippen molar-refractivity contribution in [1.82, 2.24) is 20.3 Å². The third-order valence-electron chi connectivity index (χ3n) is 4.92. The summed E-state index contributed by atoms with van der Waals surface area (Å²) in [5.74, 6) is 2.86. The molecule has 156 valence electrons. The SMILES string of the molecule is CCC(C)NC(=NCCc1ccco1)N1CCN(Cc2cc(C)on2)CC1.I. The molecule has 8 heteroatoms. The van der Waals surface area contributed by atoms with Crippen LogP contribution < -0.4 is 5.32 Å². The number of aryl methyl sites for hydroxylation is 1. The molecular weight excluding hydrogens is 469 g/mol. The van der Waals surface area contributed by atoms with Gasteiger partial charge in [-0.05, 0) is 32.4 Å². The molecule has 0 aromatic carbocycles. The molecule has 1 fully saturated rings. The van der Waals surface area contributed by atoms with Gasteiger partial charge in [-0.2, -0.15) is 0 Å². The minimum absolute atomic E-state index is 0. The number of hydrogen-bond donors (Lipinski definition) is 1. The van der Waals surface area contributed by atoms with Crippen molar-refractivity contribution >= 4 is 29.9 Å². The summed E-state index contributed by atoms with van der Waals surface area (Å²) in [6, 6.07) is 6.34. The average Bonchev–Trinajstić information content (AvgIpc) is 3.33. The molecule has 1 N–H and O–H groups in total. The summed E-state index contributed by atoms with van der Waals surface area (Å²) in [5.41, 5.74) is 1.01. The van der Waals surface area contributed by atoms with Crippen molar-refractivity contribution in [2.45, 2.75) is 46.2 Å². The lowest BCUT2D eigenvalue weighted by atomic mass is 10.2. The van der Waals surface area contributed by atoms with Gasteiger partial charge in [-0.15, -0.1) is 24.0 Å². The number of nitrogens with zero attached hydrogens (tertiary/aromatic N) is 4. The maximum Gasteiger partial charge on any atom is 0.194 e. The summed E-state index contributed by atoms with van der Waals surface area (Å²) in [6.45, 7) is 11.8. The summed E-state index contributed by atoms with van der Waals surface area (Å²) < 4.78 is 10.6. The predicted octanol–water partition coefficient (Wildman–Crippen LogP) is 3.30. The van der Waals surface area contributed by atoms with E-state index in [1.54, 1.807) is 6.26 Å². The first-order chi connectivity index (χ1) is 13.1. The van der Waals surface area contributed by atoms with Gasteiger partial charge in [-0.25, -0.2) is 0 Å². The maximum atomic E-state index is 5.41. The predicted molar refractivity (Wildman–Crippen MR) is 121 cm³/mol. The summed E-state index contributed by atoms with van der Waals surface area (Å²) in [7, 11) is 0. The Morgan fingerprint density at radius 1 is 1.32 bits per heavy atom. The van der Waals surface area contributed by atoms with Crippen LogP contribution in [0.5, 0.6) is 0 Å². The van der Waals surface area contributed by atoms with Gasteiger partial charge < -0.3 is 19.2 Å². The molecule has 1 atom stereocenters. The van der Waals surface area contributed by atoms with Gasteiger partial charge in [0.15, 0.2) is 5.96 Å². The molecule has 0 radical (unpaired) electrons. The van der Waals surface area contributed by atoms with Crippen LogP contribution in [0.15, 0.2) is 38.4 Å². The van der Waals surface area contributed by atoms with E-state index in [0.717, 1.165) is 75.3 Å². The van der Waals surface area contributed by atoms with Gasteiger partial charge in [0.25, 0.3) is 0 Å². The second-order valence-electron chi connectivity index (χ2n) is 7.18. The smallest absolute Gasteiger partial charge is 0.194 e. The Kier molecular flexibility index (Phi) is 9.30. The quantitative estimate of drug-likeness (QED) is 0.357. The van der Waals surface area contributed by atoms with E-state index in [-0.39, 0.29) is 24.0 Å². The lowest BCUT2D eigenvalue weighted by Gasteiger charge is -2.37. The van der Waals surface area contributed by atoms with Crippen molar-refractivity contribution in [3.05, 3.63) is 41.7 Å². The first kappa shape index (κ1) is 22.7. The Morgan fingerprint density at radius 3 is 2.71 bits per heavy atom. The third kappa shape index (κ3) is 6.80. The van der Waals surface area contributed by atoms with E-state index >= 15 is 0 Å². The molecule has 0 amide bonds. The molecule has 28 heavy (non-hydrogen) atoms. The van der Waals surface area contributed by atoms with Crippen LogP contribution in [0.2, 0.25) is 0 Å². The topological polar surface area (TPSA) is 70.0 Å². The van der Waals surface area contributed by atoms with Gasteiger partial charge in [-0.3, -0.25) is 9.89 Å². The number of guanidine groups is 1. The number of halogens is 1. The van der Waals surface area contributed by atoms with Gasteiger partial charge in [-0.1, -0.05) is 12.1 Å². The molecule has 0 spiro atoms. The second-order valence-corrected chi connectivity index (χ2v) is 7.18. The summed E-state index contributed by atoms with van der Waals surface area (Å²) in [5, 5.41) is 7.69. The average molecular weight is 501 g/mol. The number of piperazine rings is 1. The Hall–Kier alpha value is -1.55. The minimum atomic E-state index is 0. The van der Waals surface area contributed by atoms with Crippen LogP contribution in [0.3, 0.4) is 0 Å². The van der Waals surface area contributed by atoms with E-state index in [1.807, 2.05) is 25.1 Å². The Labute approximate surface area is 184 Å². The largest absolute Gasteiger partial charge is 0.469 e. The van der Waals surface area contributed by atoms with Gasteiger partial charge in [0, 0.05) is 57.8 Å². The van der Waals surface area contributed by atoms with Crippen molar-refractivity contribution < 1.29 is 8.94 Å². The molecule has 1 aliphatic heterocycles. The van der Waals surface area contributed by atoms with E-state index in [2.05, 4.69) is 34.1 Å². The van der Waals surface area contributed by atoms with Crippen LogP contribution in [-0.4, -0.2) is 59.7 Å². The van der Waals surface area contributed by atoms with Crippen molar-refractivity contribution in [1.29, 1.82) is 0 Å². The standard InChI is InChI=1S/C20H31N5O2.HI/c1-4-16(2)22-20(21-8-7-19-6-5-13-26-19)25-11-9-24(10-12-25)15-18-14-17(3)27-23-18;/h5-6,13-14,16H,4,7-12,15H2,1-3H3,(H,21,22);1H. The molecule has 0 aliphatic carbocycles. The lowest BCUT2D eigenvalue weighted by Crippen LogP contribution is -2.53. The highest BCUT2D eigenvalue weighted by Crippen LogP contribution is 2.10. The normalized spacial score (nSPS) is 16.7. The molecule has 0 bridgehead atoms. The molecule has 1 saturated heterocycles. The molecule has 3 heterocycles. The third-order valence-corrected chi connectivity index (χ3v) is 4.92. The summed E-state index contributed by atoms with van der Waals surface area (Å²) >= 11 is 0. The highest BCUT2D eigenvalue weighted by Gasteiger charge is 2.21. The van der Waals surface area contributed by atoms with E-state index in [4.69, 9.17) is 13.9 Å². The molecule has 0 saturated carbocycles. The molecule has 1 aliphatic rings. The second kappa shape index (κ2) is 11.5. The highest BCUT2D eigenvalue weighted by molar-refractivity contribution is 14.0. The van der Waals surface area contributed by atoms with Crippen LogP contribution in [0.1, 0.15) is 37.5 Å². The highest BCUT2D eigenvalue weighted by atomic mass is 127. The van der Waals surface area contributed by atoms with Crippen molar-refractivity contribution in [2.75, 3.05) is 32.7 Å². The van der Waals surface area contributed by atoms with Crippen LogP contribution in [0, 0.1) is 6.92 Å². The zero-order valence-electron chi connectivity index (χ0n) is 17.1. The number of nitrogens with one attached hydrogen (secondary N) is 1. The van der Waals surface area contributed by atoms with Gasteiger partial charge >= 0.3 is 0 Å². The van der Waals surface area contributed by atoms with Crippen molar-refractivity contribution in [3.8, 4) is 0 Å². The number of furan rings is 1. The van der Waals surface area contributed by atoms with Crippen LogP contribution in [-0.2, 0) is 13.0 Å². The van der Waals surface area contributed by atoms with Crippen molar-refractivity contribution in [2.24, 2.45) is 4.99 Å². The van der Waals surface area contributed by atoms with E-state index in [0.29, 0.717) is 6.04 Å². The molecule has 2 aromatic rings. The van der Waals surface area contributed by atoms with Gasteiger partial charge in [0.1, 0.15) is 11.5 Å². The number of rotatable bonds is 7. The van der Waals surface area contributed by atoms with Crippen LogP contribution in [0.25, 0.3) is 0 Å². The lowest BCUT2D eigenvalue weighted by molar-refractivity contribution is 0.168.